The molecule has 5 nitrogen and oxygen atoms in total. The third-order valence-corrected chi connectivity index (χ3v) is 5.37. The van der Waals surface area contributed by atoms with Crippen molar-refractivity contribution in [3.8, 4) is 11.5 Å². The number of hydrogen-bond acceptors (Lipinski definition) is 4. The van der Waals surface area contributed by atoms with Crippen LogP contribution in [-0.4, -0.2) is 43.7 Å². The van der Waals surface area contributed by atoms with Crippen LogP contribution in [0.1, 0.15) is 41.8 Å². The fourth-order valence-electron chi connectivity index (χ4n) is 3.76. The molecule has 1 unspecified atom stereocenters. The molecule has 5 heteroatoms. The van der Waals surface area contributed by atoms with Gasteiger partial charge in [0.25, 0.3) is 5.91 Å². The summed E-state index contributed by atoms with van der Waals surface area (Å²) >= 11 is 0. The number of nitrogens with one attached hydrogen (secondary N) is 1. The molecule has 0 saturated carbocycles. The molecule has 150 valence electrons. The van der Waals surface area contributed by atoms with Crippen LogP contribution in [0.25, 0.3) is 0 Å². The first-order chi connectivity index (χ1) is 13.7. The molecule has 3 rings (SSSR count). The fourth-order valence-corrected chi connectivity index (χ4v) is 3.76. The largest absolute Gasteiger partial charge is 0.493 e. The molecule has 1 aliphatic rings. The van der Waals surface area contributed by atoms with Gasteiger partial charge in [0, 0.05) is 31.2 Å². The number of carbonyl (C=O) groups excluding carboxylic acids is 1. The molecule has 0 saturated heterocycles. The summed E-state index contributed by atoms with van der Waals surface area (Å²) in [6.07, 6.45) is 2.06. The molecule has 0 bridgehead atoms. The lowest BCUT2D eigenvalue weighted by Gasteiger charge is -2.35. The minimum absolute atomic E-state index is 0.0859. The van der Waals surface area contributed by atoms with Gasteiger partial charge >= 0.3 is 0 Å². The van der Waals surface area contributed by atoms with Crippen molar-refractivity contribution in [2.75, 3.05) is 26.8 Å². The van der Waals surface area contributed by atoms with Gasteiger partial charge in [0.15, 0.2) is 11.5 Å². The van der Waals surface area contributed by atoms with E-state index in [1.165, 1.54) is 11.1 Å². The lowest BCUT2D eigenvalue weighted by molar-refractivity contribution is 0.0926. The third kappa shape index (κ3) is 4.65. The van der Waals surface area contributed by atoms with Gasteiger partial charge in [-0.05, 0) is 49.1 Å². The van der Waals surface area contributed by atoms with Gasteiger partial charge in [-0.1, -0.05) is 31.2 Å². The van der Waals surface area contributed by atoms with Gasteiger partial charge in [-0.2, -0.15) is 0 Å². The SMILES string of the molecule is CCOc1ccc(C(=O)NCC(CC)N2CCc3ccccc3C2)cc1OC. The zero-order chi connectivity index (χ0) is 19.9. The molecular weight excluding hydrogens is 352 g/mol. The minimum atomic E-state index is -0.0859. The Labute approximate surface area is 167 Å². The number of fused-ring (bicyclic) bond motifs is 1. The highest BCUT2D eigenvalue weighted by Gasteiger charge is 2.23. The van der Waals surface area contributed by atoms with Crippen molar-refractivity contribution in [1.82, 2.24) is 10.2 Å². The quantitative estimate of drug-likeness (QED) is 0.757. The van der Waals surface area contributed by atoms with Crippen molar-refractivity contribution in [1.29, 1.82) is 0 Å². The minimum Gasteiger partial charge on any atom is -0.493 e. The lowest BCUT2D eigenvalue weighted by atomic mass is 9.98. The normalized spacial score (nSPS) is 14.8. The summed E-state index contributed by atoms with van der Waals surface area (Å²) < 4.78 is 10.9. The Morgan fingerprint density at radius 3 is 2.64 bits per heavy atom. The smallest absolute Gasteiger partial charge is 0.251 e. The molecular formula is C23H30N2O3. The predicted molar refractivity (Wildman–Crippen MR) is 111 cm³/mol. The Kier molecular flexibility index (Phi) is 6.93. The first-order valence-electron chi connectivity index (χ1n) is 10.1. The van der Waals surface area contributed by atoms with Crippen molar-refractivity contribution >= 4 is 5.91 Å². The van der Waals surface area contributed by atoms with Gasteiger partial charge in [0.2, 0.25) is 0 Å². The van der Waals surface area contributed by atoms with Crippen LogP contribution in [0.5, 0.6) is 11.5 Å². The van der Waals surface area contributed by atoms with Crippen molar-refractivity contribution in [3.05, 3.63) is 59.2 Å². The third-order valence-electron chi connectivity index (χ3n) is 5.37. The van der Waals surface area contributed by atoms with E-state index in [9.17, 15) is 4.79 Å². The molecule has 1 N–H and O–H groups in total. The molecule has 0 aromatic heterocycles. The number of methoxy groups -OCH3 is 1. The first kappa shape index (κ1) is 20.2. The average Bonchev–Trinajstić information content (AvgIpc) is 2.74. The van der Waals surface area contributed by atoms with E-state index in [0.29, 0.717) is 36.3 Å². The van der Waals surface area contributed by atoms with E-state index in [4.69, 9.17) is 9.47 Å². The Morgan fingerprint density at radius 2 is 1.93 bits per heavy atom. The number of amides is 1. The average molecular weight is 383 g/mol. The Hall–Kier alpha value is -2.53. The number of rotatable bonds is 8. The van der Waals surface area contributed by atoms with Crippen LogP contribution >= 0.6 is 0 Å². The molecule has 1 atom stereocenters. The predicted octanol–water partition coefficient (Wildman–Crippen LogP) is 3.66. The Balaban J connectivity index is 1.61. The van der Waals surface area contributed by atoms with Crippen LogP contribution in [-0.2, 0) is 13.0 Å². The molecule has 1 heterocycles. The van der Waals surface area contributed by atoms with E-state index >= 15 is 0 Å². The maximum atomic E-state index is 12.7. The lowest BCUT2D eigenvalue weighted by Crippen LogP contribution is -2.45. The highest BCUT2D eigenvalue weighted by Crippen LogP contribution is 2.28. The summed E-state index contributed by atoms with van der Waals surface area (Å²) in [6, 6.07) is 14.3. The van der Waals surface area contributed by atoms with Crippen LogP contribution in [0.4, 0.5) is 0 Å². The standard InChI is InChI=1S/C23H30N2O3/c1-4-20(25-13-12-17-8-6-7-9-19(17)16-25)15-24-23(26)18-10-11-21(28-5-2)22(14-18)27-3/h6-11,14,20H,4-5,12-13,15-16H2,1-3H3,(H,24,26). The number of carbonyl (C=O) groups is 1. The van der Waals surface area contributed by atoms with E-state index in [2.05, 4.69) is 41.4 Å². The topological polar surface area (TPSA) is 50.8 Å². The van der Waals surface area contributed by atoms with Gasteiger partial charge < -0.3 is 14.8 Å². The van der Waals surface area contributed by atoms with Crippen molar-refractivity contribution in [2.24, 2.45) is 0 Å². The first-order valence-corrected chi connectivity index (χ1v) is 10.1. The summed E-state index contributed by atoms with van der Waals surface area (Å²) in [5.41, 5.74) is 3.42. The van der Waals surface area contributed by atoms with E-state index < -0.39 is 0 Å². The number of hydrogen-bond donors (Lipinski definition) is 1. The monoisotopic (exact) mass is 382 g/mol. The van der Waals surface area contributed by atoms with Crippen LogP contribution in [0.3, 0.4) is 0 Å². The maximum absolute atomic E-state index is 12.7. The van der Waals surface area contributed by atoms with Crippen LogP contribution in [0.15, 0.2) is 42.5 Å². The van der Waals surface area contributed by atoms with Gasteiger partial charge in [0.1, 0.15) is 0 Å². The summed E-state index contributed by atoms with van der Waals surface area (Å²) in [6.45, 7) is 7.26. The molecule has 0 radical (unpaired) electrons. The molecule has 2 aromatic carbocycles. The van der Waals surface area contributed by atoms with Crippen molar-refractivity contribution in [3.63, 3.8) is 0 Å². The second-order valence-electron chi connectivity index (χ2n) is 7.06. The molecule has 1 amide bonds. The summed E-state index contributed by atoms with van der Waals surface area (Å²) in [5.74, 6) is 1.14. The molecule has 28 heavy (non-hydrogen) atoms. The van der Waals surface area contributed by atoms with Crippen molar-refractivity contribution in [2.45, 2.75) is 39.3 Å². The van der Waals surface area contributed by atoms with E-state index in [1.54, 1.807) is 25.3 Å². The van der Waals surface area contributed by atoms with E-state index in [0.717, 1.165) is 25.9 Å². The second-order valence-corrected chi connectivity index (χ2v) is 7.06. The van der Waals surface area contributed by atoms with Crippen LogP contribution < -0.4 is 14.8 Å². The highest BCUT2D eigenvalue weighted by molar-refractivity contribution is 5.94. The van der Waals surface area contributed by atoms with Crippen LogP contribution in [0, 0.1) is 0 Å². The van der Waals surface area contributed by atoms with Gasteiger partial charge in [-0.25, -0.2) is 0 Å². The van der Waals surface area contributed by atoms with Crippen LogP contribution in [0.2, 0.25) is 0 Å². The number of nitrogens with zero attached hydrogens (tertiary/aromatic N) is 1. The van der Waals surface area contributed by atoms with E-state index in [-0.39, 0.29) is 5.91 Å². The van der Waals surface area contributed by atoms with Gasteiger partial charge in [0.05, 0.1) is 13.7 Å². The van der Waals surface area contributed by atoms with Gasteiger partial charge in [-0.3, -0.25) is 9.69 Å². The summed E-state index contributed by atoms with van der Waals surface area (Å²) in [7, 11) is 1.58. The Bertz CT molecular complexity index is 806. The summed E-state index contributed by atoms with van der Waals surface area (Å²) in [5, 5.41) is 3.10. The van der Waals surface area contributed by atoms with Gasteiger partial charge in [-0.15, -0.1) is 0 Å². The zero-order valence-corrected chi connectivity index (χ0v) is 17.0. The second kappa shape index (κ2) is 9.60. The molecule has 0 spiro atoms. The molecule has 1 aliphatic heterocycles. The van der Waals surface area contributed by atoms with Crippen molar-refractivity contribution < 1.29 is 14.3 Å². The molecule has 0 fully saturated rings. The zero-order valence-electron chi connectivity index (χ0n) is 17.0. The Morgan fingerprint density at radius 1 is 1.14 bits per heavy atom. The maximum Gasteiger partial charge on any atom is 0.251 e. The molecule has 2 aromatic rings. The van der Waals surface area contributed by atoms with E-state index in [1.807, 2.05) is 6.92 Å². The fraction of sp³-hybridized carbons (Fsp3) is 0.435. The number of benzene rings is 2. The molecule has 0 aliphatic carbocycles. The summed E-state index contributed by atoms with van der Waals surface area (Å²) in [4.78, 5) is 15.1. The highest BCUT2D eigenvalue weighted by atomic mass is 16.5. The number of ether oxygens (including phenoxy) is 2.